The van der Waals surface area contributed by atoms with Gasteiger partial charge in [-0.25, -0.2) is 0 Å². The highest BCUT2D eigenvalue weighted by atomic mass is 32.2. The van der Waals surface area contributed by atoms with Gasteiger partial charge in [0.15, 0.2) is 0 Å². The lowest BCUT2D eigenvalue weighted by atomic mass is 9.86. The first kappa shape index (κ1) is 15.4. The molecule has 1 atom stereocenters. The predicted octanol–water partition coefficient (Wildman–Crippen LogP) is 3.29. The molecule has 0 fully saturated rings. The highest BCUT2D eigenvalue weighted by molar-refractivity contribution is 8.02. The van der Waals surface area contributed by atoms with Crippen molar-refractivity contribution >= 4 is 17.7 Å². The van der Waals surface area contributed by atoms with Crippen molar-refractivity contribution in [1.82, 2.24) is 4.90 Å². The van der Waals surface area contributed by atoms with Gasteiger partial charge in [-0.1, -0.05) is 24.3 Å². The minimum atomic E-state index is -0.796. The fourth-order valence-corrected chi connectivity index (χ4v) is 4.78. The lowest BCUT2D eigenvalue weighted by Crippen LogP contribution is -2.32. The second-order valence-electron chi connectivity index (χ2n) is 6.20. The summed E-state index contributed by atoms with van der Waals surface area (Å²) in [5, 5.41) is 9.87. The minimum absolute atomic E-state index is 0.146. The molecule has 1 unspecified atom stereocenters. The summed E-state index contributed by atoms with van der Waals surface area (Å²) in [5.74, 6) is -0.709. The normalized spacial score (nSPS) is 23.9. The molecule has 1 aliphatic rings. The summed E-state index contributed by atoms with van der Waals surface area (Å²) in [7, 11) is 4.04. The molecular formula is C16H23NO2S. The van der Waals surface area contributed by atoms with Crippen LogP contribution >= 0.6 is 11.8 Å². The van der Waals surface area contributed by atoms with Crippen LogP contribution in [0, 0.1) is 0 Å². The lowest BCUT2D eigenvalue weighted by Gasteiger charge is -2.27. The van der Waals surface area contributed by atoms with Crippen molar-refractivity contribution in [3.63, 3.8) is 0 Å². The number of nitrogens with zero attached hydrogens (tertiary/aromatic N) is 1. The van der Waals surface area contributed by atoms with Crippen LogP contribution in [0.4, 0.5) is 0 Å². The maximum absolute atomic E-state index is 12.0. The molecule has 2 rings (SSSR count). The molecule has 1 aliphatic heterocycles. The van der Waals surface area contributed by atoms with Crippen molar-refractivity contribution in [2.24, 2.45) is 0 Å². The highest BCUT2D eigenvalue weighted by Gasteiger charge is 2.53. The van der Waals surface area contributed by atoms with Crippen molar-refractivity contribution in [2.75, 3.05) is 20.6 Å². The van der Waals surface area contributed by atoms with E-state index in [1.807, 2.05) is 32.3 Å². The summed E-state index contributed by atoms with van der Waals surface area (Å²) >= 11 is 1.59. The third-order valence-corrected chi connectivity index (χ3v) is 5.60. The van der Waals surface area contributed by atoms with Crippen LogP contribution in [0.3, 0.4) is 0 Å². The average molecular weight is 293 g/mol. The Morgan fingerprint density at radius 2 is 1.85 bits per heavy atom. The summed E-state index contributed by atoms with van der Waals surface area (Å²) in [5.41, 5.74) is 2.15. The number of carbonyl (C=O) groups is 1. The maximum Gasteiger partial charge on any atom is 0.324 e. The Morgan fingerprint density at radius 3 is 2.40 bits per heavy atom. The van der Waals surface area contributed by atoms with Gasteiger partial charge in [0.2, 0.25) is 0 Å². The lowest BCUT2D eigenvalue weighted by molar-refractivity contribution is -0.140. The quantitative estimate of drug-likeness (QED) is 0.904. The van der Waals surface area contributed by atoms with Crippen LogP contribution in [0.1, 0.15) is 37.8 Å². The summed E-state index contributed by atoms with van der Waals surface area (Å²) in [4.78, 5) is 14.1. The molecule has 0 radical (unpaired) electrons. The number of benzene rings is 1. The molecule has 0 saturated carbocycles. The average Bonchev–Trinajstić information content (AvgIpc) is 2.59. The molecule has 110 valence electrons. The maximum atomic E-state index is 12.0. The fraction of sp³-hybridized carbons (Fsp3) is 0.562. The van der Waals surface area contributed by atoms with E-state index in [0.717, 1.165) is 24.1 Å². The molecule has 4 heteroatoms. The molecule has 0 spiro atoms. The topological polar surface area (TPSA) is 40.5 Å². The molecule has 1 heterocycles. The van der Waals surface area contributed by atoms with E-state index in [-0.39, 0.29) is 4.75 Å². The summed E-state index contributed by atoms with van der Waals surface area (Å²) in [6.07, 6.45) is 1.56. The van der Waals surface area contributed by atoms with E-state index in [0.29, 0.717) is 6.42 Å². The molecule has 0 saturated heterocycles. The Kier molecular flexibility index (Phi) is 4.17. The highest BCUT2D eigenvalue weighted by Crippen LogP contribution is 2.59. The van der Waals surface area contributed by atoms with E-state index in [2.05, 4.69) is 24.8 Å². The fourth-order valence-electron chi connectivity index (χ4n) is 3.00. The van der Waals surface area contributed by atoms with Crippen molar-refractivity contribution < 1.29 is 9.90 Å². The Bertz CT molecular complexity index is 513. The van der Waals surface area contributed by atoms with Gasteiger partial charge in [0.05, 0.1) is 0 Å². The number of carboxylic acid groups (broad SMARTS) is 1. The first-order chi connectivity index (χ1) is 9.29. The molecule has 20 heavy (non-hydrogen) atoms. The second kappa shape index (κ2) is 5.41. The van der Waals surface area contributed by atoms with Gasteiger partial charge in [0, 0.05) is 4.75 Å². The zero-order valence-corrected chi connectivity index (χ0v) is 13.5. The zero-order valence-electron chi connectivity index (χ0n) is 12.6. The van der Waals surface area contributed by atoms with Gasteiger partial charge in [-0.05, 0) is 58.5 Å². The second-order valence-corrected chi connectivity index (χ2v) is 8.12. The number of carboxylic acids is 1. The Labute approximate surface area is 125 Å². The minimum Gasteiger partial charge on any atom is -0.480 e. The molecule has 3 nitrogen and oxygen atoms in total. The SMILES string of the molecule is CN(C)CCCC1(C(=O)O)SC(C)(C)c2ccccc21. The molecule has 1 N–H and O–H groups in total. The van der Waals surface area contributed by atoms with E-state index >= 15 is 0 Å². The zero-order chi connectivity index (χ0) is 15.0. The summed E-state index contributed by atoms with van der Waals surface area (Å²) in [6.45, 7) is 5.15. The molecule has 0 bridgehead atoms. The van der Waals surface area contributed by atoms with E-state index in [1.54, 1.807) is 11.8 Å². The smallest absolute Gasteiger partial charge is 0.324 e. The number of hydrogen-bond acceptors (Lipinski definition) is 3. The predicted molar refractivity (Wildman–Crippen MR) is 84.2 cm³/mol. The molecule has 1 aromatic carbocycles. The Balaban J connectivity index is 2.37. The van der Waals surface area contributed by atoms with Crippen LogP contribution in [-0.2, 0) is 14.3 Å². The first-order valence-corrected chi connectivity index (χ1v) is 7.79. The van der Waals surface area contributed by atoms with Gasteiger partial charge in [-0.2, -0.15) is 0 Å². The number of hydrogen-bond donors (Lipinski definition) is 1. The standard InChI is InChI=1S/C16H23NO2S/c1-15(2)12-8-5-6-9-13(12)16(20-15,14(18)19)10-7-11-17(3)4/h5-6,8-9H,7,10-11H2,1-4H3,(H,18,19). The van der Waals surface area contributed by atoms with Crippen molar-refractivity contribution in [1.29, 1.82) is 0 Å². The number of thioether (sulfide) groups is 1. The van der Waals surface area contributed by atoms with Crippen LogP contribution in [-0.4, -0.2) is 36.6 Å². The van der Waals surface area contributed by atoms with Crippen LogP contribution in [0.2, 0.25) is 0 Å². The first-order valence-electron chi connectivity index (χ1n) is 6.98. The summed E-state index contributed by atoms with van der Waals surface area (Å²) in [6, 6.07) is 8.00. The number of fused-ring (bicyclic) bond motifs is 1. The number of rotatable bonds is 5. The van der Waals surface area contributed by atoms with Crippen LogP contribution < -0.4 is 0 Å². The third-order valence-electron chi connectivity index (χ3n) is 3.92. The van der Waals surface area contributed by atoms with Crippen LogP contribution in [0.15, 0.2) is 24.3 Å². The molecule has 0 amide bonds. The van der Waals surface area contributed by atoms with Crippen LogP contribution in [0.5, 0.6) is 0 Å². The van der Waals surface area contributed by atoms with Crippen molar-refractivity contribution in [3.05, 3.63) is 35.4 Å². The van der Waals surface area contributed by atoms with Gasteiger partial charge in [-0.3, -0.25) is 4.79 Å². The van der Waals surface area contributed by atoms with Crippen LogP contribution in [0.25, 0.3) is 0 Å². The van der Waals surface area contributed by atoms with E-state index in [4.69, 9.17) is 0 Å². The van der Waals surface area contributed by atoms with E-state index in [9.17, 15) is 9.90 Å². The Morgan fingerprint density at radius 1 is 1.25 bits per heavy atom. The molecule has 0 aliphatic carbocycles. The van der Waals surface area contributed by atoms with E-state index < -0.39 is 10.7 Å². The van der Waals surface area contributed by atoms with Gasteiger partial charge in [-0.15, -0.1) is 11.8 Å². The summed E-state index contributed by atoms with van der Waals surface area (Å²) < 4.78 is -0.941. The molecule has 1 aromatic rings. The molecular weight excluding hydrogens is 270 g/mol. The van der Waals surface area contributed by atoms with Gasteiger partial charge in [0.25, 0.3) is 0 Å². The van der Waals surface area contributed by atoms with Gasteiger partial charge >= 0.3 is 5.97 Å². The van der Waals surface area contributed by atoms with Crippen molar-refractivity contribution in [3.8, 4) is 0 Å². The van der Waals surface area contributed by atoms with Gasteiger partial charge in [0.1, 0.15) is 4.75 Å². The number of aliphatic carboxylic acids is 1. The van der Waals surface area contributed by atoms with E-state index in [1.165, 1.54) is 0 Å². The Hall–Kier alpha value is -1.00. The third kappa shape index (κ3) is 2.59. The van der Waals surface area contributed by atoms with Crippen molar-refractivity contribution in [2.45, 2.75) is 36.2 Å². The van der Waals surface area contributed by atoms with Gasteiger partial charge < -0.3 is 10.0 Å². The monoisotopic (exact) mass is 293 g/mol. The largest absolute Gasteiger partial charge is 0.480 e. The molecule has 0 aromatic heterocycles.